The number of carbonyl (C=O) groups is 2. The average Bonchev–Trinajstić information content (AvgIpc) is 3.29. The zero-order valence-corrected chi connectivity index (χ0v) is 21.5. The summed E-state index contributed by atoms with van der Waals surface area (Å²) >= 11 is 0. The minimum atomic E-state index is -3.72. The average molecular weight is 502 g/mol. The molecule has 0 saturated carbocycles. The number of aliphatic hydroxyl groups excluding tert-OH is 1. The number of rotatable bonds is 22. The van der Waals surface area contributed by atoms with Crippen molar-refractivity contribution in [1.29, 1.82) is 0 Å². The molecule has 1 amide bonds. The molecule has 1 aromatic heterocycles. The smallest absolute Gasteiger partial charge is 0.234 e. The molecule has 1 heterocycles. The SMILES string of the molecule is CC(O)C(=O)CCCS(=O)(=O)NC(=O)CCCCCCCCCCCCCCCc1nn[nH]n1. The molecule has 0 aliphatic heterocycles. The standard InChI is InChI=1S/C23H43N5O5S/c1-20(29)21(30)16-15-19-34(32,33)26-23(31)18-14-12-10-8-6-4-2-3-5-7-9-11-13-17-22-24-27-28-25-22/h20,29H,2-19H2,1H3,(H,26,31)(H,24,25,27,28). The van der Waals surface area contributed by atoms with Crippen LogP contribution in [-0.4, -0.2) is 57.7 Å². The fraction of sp³-hybridized carbons (Fsp3) is 0.870. The predicted molar refractivity (Wildman–Crippen MR) is 130 cm³/mol. The molecular weight excluding hydrogens is 458 g/mol. The van der Waals surface area contributed by atoms with Crippen molar-refractivity contribution in [2.75, 3.05) is 5.75 Å². The maximum atomic E-state index is 11.9. The maximum Gasteiger partial charge on any atom is 0.234 e. The van der Waals surface area contributed by atoms with Gasteiger partial charge in [-0.2, -0.15) is 5.21 Å². The van der Waals surface area contributed by atoms with Crippen LogP contribution < -0.4 is 4.72 Å². The van der Waals surface area contributed by atoms with Gasteiger partial charge in [0.2, 0.25) is 15.9 Å². The van der Waals surface area contributed by atoms with Crippen LogP contribution in [0.15, 0.2) is 0 Å². The van der Waals surface area contributed by atoms with Crippen molar-refractivity contribution in [3.63, 3.8) is 0 Å². The number of carbonyl (C=O) groups excluding carboxylic acids is 2. The second-order valence-corrected chi connectivity index (χ2v) is 10.9. The van der Waals surface area contributed by atoms with E-state index in [9.17, 15) is 18.0 Å². The lowest BCUT2D eigenvalue weighted by Crippen LogP contribution is -2.32. The van der Waals surface area contributed by atoms with Gasteiger partial charge in [-0.05, 0) is 26.2 Å². The Morgan fingerprint density at radius 1 is 0.853 bits per heavy atom. The molecule has 0 aliphatic carbocycles. The normalized spacial score (nSPS) is 12.5. The van der Waals surface area contributed by atoms with E-state index < -0.39 is 27.8 Å². The third-order valence-electron chi connectivity index (χ3n) is 5.76. The number of sulfonamides is 1. The van der Waals surface area contributed by atoms with Crippen molar-refractivity contribution in [2.24, 2.45) is 0 Å². The van der Waals surface area contributed by atoms with Crippen LogP contribution in [0.2, 0.25) is 0 Å². The Morgan fingerprint density at radius 2 is 1.38 bits per heavy atom. The Morgan fingerprint density at radius 3 is 1.88 bits per heavy atom. The van der Waals surface area contributed by atoms with Crippen molar-refractivity contribution in [2.45, 2.75) is 122 Å². The van der Waals surface area contributed by atoms with Crippen LogP contribution in [-0.2, 0) is 26.0 Å². The Labute approximate surface area is 204 Å². The van der Waals surface area contributed by atoms with Gasteiger partial charge in [-0.25, -0.2) is 8.42 Å². The molecule has 0 aromatic carbocycles. The Kier molecular flexibility index (Phi) is 16.4. The quantitative estimate of drug-likeness (QED) is 0.204. The highest BCUT2D eigenvalue weighted by atomic mass is 32.2. The molecule has 1 atom stereocenters. The van der Waals surface area contributed by atoms with E-state index >= 15 is 0 Å². The van der Waals surface area contributed by atoms with E-state index in [-0.39, 0.29) is 25.0 Å². The second-order valence-electron chi connectivity index (χ2n) is 9.01. The predicted octanol–water partition coefficient (Wildman–Crippen LogP) is 3.38. The number of aliphatic hydroxyl groups is 1. The Hall–Kier alpha value is -1.88. The summed E-state index contributed by atoms with van der Waals surface area (Å²) in [6.45, 7) is 1.35. The summed E-state index contributed by atoms with van der Waals surface area (Å²) in [6.07, 6.45) is 15.0. The molecule has 10 nitrogen and oxygen atoms in total. The van der Waals surface area contributed by atoms with Gasteiger partial charge in [0, 0.05) is 19.3 Å². The van der Waals surface area contributed by atoms with Crippen molar-refractivity contribution in [1.82, 2.24) is 25.3 Å². The molecule has 1 aromatic rings. The number of aryl methyl sites for hydroxylation is 1. The van der Waals surface area contributed by atoms with Crippen LogP contribution in [0, 0.1) is 0 Å². The number of tetrazole rings is 1. The minimum Gasteiger partial charge on any atom is -0.386 e. The zero-order chi connectivity index (χ0) is 25.1. The van der Waals surface area contributed by atoms with Gasteiger partial charge in [-0.3, -0.25) is 14.3 Å². The van der Waals surface area contributed by atoms with Crippen molar-refractivity contribution < 1.29 is 23.1 Å². The lowest BCUT2D eigenvalue weighted by Gasteiger charge is -2.07. The summed E-state index contributed by atoms with van der Waals surface area (Å²) in [7, 11) is -3.72. The van der Waals surface area contributed by atoms with Crippen molar-refractivity contribution in [3.05, 3.63) is 5.82 Å². The number of nitrogens with one attached hydrogen (secondary N) is 2. The number of hydrogen-bond acceptors (Lipinski definition) is 8. The van der Waals surface area contributed by atoms with Gasteiger partial charge in [0.25, 0.3) is 0 Å². The van der Waals surface area contributed by atoms with E-state index in [1.807, 2.05) is 0 Å². The van der Waals surface area contributed by atoms with E-state index in [0.717, 1.165) is 37.9 Å². The van der Waals surface area contributed by atoms with Crippen LogP contribution in [0.1, 0.15) is 115 Å². The molecule has 0 bridgehead atoms. The molecule has 0 saturated heterocycles. The van der Waals surface area contributed by atoms with Crippen molar-refractivity contribution in [3.8, 4) is 0 Å². The molecule has 196 valence electrons. The zero-order valence-electron chi connectivity index (χ0n) is 20.6. The summed E-state index contributed by atoms with van der Waals surface area (Å²) in [5, 5.41) is 23.0. The topological polar surface area (TPSA) is 155 Å². The van der Waals surface area contributed by atoms with E-state index in [1.165, 1.54) is 58.3 Å². The first-order chi connectivity index (χ1) is 16.3. The fourth-order valence-electron chi connectivity index (χ4n) is 3.72. The lowest BCUT2D eigenvalue weighted by molar-refractivity contribution is -0.126. The highest BCUT2D eigenvalue weighted by molar-refractivity contribution is 7.90. The first kappa shape index (κ1) is 30.2. The third-order valence-corrected chi connectivity index (χ3v) is 7.13. The number of ketones is 1. The molecule has 3 N–H and O–H groups in total. The number of Topliss-reactive ketones (excluding diaryl/α,β-unsaturated/α-hetero) is 1. The van der Waals surface area contributed by atoms with E-state index in [1.54, 1.807) is 0 Å². The van der Waals surface area contributed by atoms with Gasteiger partial charge < -0.3 is 5.11 Å². The number of unbranched alkanes of at least 4 members (excludes halogenated alkanes) is 12. The first-order valence-corrected chi connectivity index (χ1v) is 14.4. The van der Waals surface area contributed by atoms with E-state index in [0.29, 0.717) is 6.42 Å². The molecule has 1 unspecified atom stereocenters. The number of amides is 1. The summed E-state index contributed by atoms with van der Waals surface area (Å²) in [4.78, 5) is 23.1. The molecule has 0 aliphatic rings. The van der Waals surface area contributed by atoms with Crippen LogP contribution in [0.5, 0.6) is 0 Å². The monoisotopic (exact) mass is 501 g/mol. The number of aromatic amines is 1. The highest BCUT2D eigenvalue weighted by Gasteiger charge is 2.16. The molecule has 11 heteroatoms. The molecule has 0 radical (unpaired) electrons. The number of aromatic nitrogens is 4. The largest absolute Gasteiger partial charge is 0.386 e. The Bertz CT molecular complexity index is 769. The minimum absolute atomic E-state index is 0.0175. The van der Waals surface area contributed by atoms with Crippen LogP contribution in [0.3, 0.4) is 0 Å². The number of nitrogens with zero attached hydrogens (tertiary/aromatic N) is 3. The van der Waals surface area contributed by atoms with Gasteiger partial charge in [0.1, 0.15) is 6.10 Å². The number of H-pyrrole nitrogens is 1. The van der Waals surface area contributed by atoms with Gasteiger partial charge in [-0.1, -0.05) is 75.8 Å². The fourth-order valence-corrected chi connectivity index (χ4v) is 4.80. The van der Waals surface area contributed by atoms with E-state index in [4.69, 9.17) is 5.11 Å². The van der Waals surface area contributed by atoms with Gasteiger partial charge in [0.15, 0.2) is 11.6 Å². The van der Waals surface area contributed by atoms with Gasteiger partial charge >= 0.3 is 0 Å². The summed E-state index contributed by atoms with van der Waals surface area (Å²) in [6, 6.07) is 0. The third kappa shape index (κ3) is 16.7. The van der Waals surface area contributed by atoms with Crippen LogP contribution in [0.25, 0.3) is 0 Å². The first-order valence-electron chi connectivity index (χ1n) is 12.8. The Balaban J connectivity index is 1.85. The van der Waals surface area contributed by atoms with E-state index in [2.05, 4.69) is 25.3 Å². The summed E-state index contributed by atoms with van der Waals surface area (Å²) in [5.74, 6) is -0.381. The highest BCUT2D eigenvalue weighted by Crippen LogP contribution is 2.13. The van der Waals surface area contributed by atoms with Gasteiger partial charge in [-0.15, -0.1) is 10.2 Å². The molecular formula is C23H43N5O5S. The second kappa shape index (κ2) is 18.4. The molecule has 0 spiro atoms. The van der Waals surface area contributed by atoms with Gasteiger partial charge in [0.05, 0.1) is 5.75 Å². The number of hydrogen-bond donors (Lipinski definition) is 3. The lowest BCUT2D eigenvalue weighted by atomic mass is 10.0. The molecule has 0 fully saturated rings. The summed E-state index contributed by atoms with van der Waals surface area (Å²) < 4.78 is 25.8. The molecule has 1 rings (SSSR count). The maximum absolute atomic E-state index is 11.9. The summed E-state index contributed by atoms with van der Waals surface area (Å²) in [5.41, 5.74) is 0. The van der Waals surface area contributed by atoms with Crippen LogP contribution >= 0.6 is 0 Å². The molecule has 34 heavy (non-hydrogen) atoms. The van der Waals surface area contributed by atoms with Crippen LogP contribution in [0.4, 0.5) is 0 Å². The van der Waals surface area contributed by atoms with Crippen molar-refractivity contribution >= 4 is 21.7 Å².